The van der Waals surface area contributed by atoms with Crippen LogP contribution in [-0.4, -0.2) is 49.1 Å². The molecule has 0 saturated carbocycles. The first-order valence-corrected chi connectivity index (χ1v) is 14.3. The average molecular weight is 595 g/mol. The largest absolute Gasteiger partial charge is 0.573 e. The number of para-hydroxylation sites is 1. The Hall–Kier alpha value is -4.16. The van der Waals surface area contributed by atoms with Crippen molar-refractivity contribution >= 4 is 28.8 Å². The molecule has 0 radical (unpaired) electrons. The highest BCUT2D eigenvalue weighted by molar-refractivity contribution is 8.14. The number of nitrogens with zero attached hydrogens (tertiary/aromatic N) is 6. The monoisotopic (exact) mass is 594 g/mol. The van der Waals surface area contributed by atoms with E-state index in [1.807, 2.05) is 47.4 Å². The second-order valence-electron chi connectivity index (χ2n) is 10.0. The molecule has 3 aromatic carbocycles. The van der Waals surface area contributed by atoms with E-state index in [4.69, 9.17) is 0 Å². The molecular weight excluding hydrogens is 565 g/mol. The van der Waals surface area contributed by atoms with Crippen LogP contribution in [0.15, 0.2) is 89.3 Å². The van der Waals surface area contributed by atoms with Gasteiger partial charge in [0.2, 0.25) is 0 Å². The van der Waals surface area contributed by atoms with Crippen molar-refractivity contribution in [2.75, 3.05) is 10.7 Å². The molecule has 1 aliphatic heterocycles. The summed E-state index contributed by atoms with van der Waals surface area (Å²) in [4.78, 5) is 6.18. The standard InChI is InChI=1S/C30H29F3N6O2S/c1-4-20(2)25-7-5-6-8-26(25)39-28(42-18-29(39,3)40)36-35-17-21-9-11-22(12-10-21)27-34-19-38(37-27)23-13-15-24(16-14-23)41-30(31,32)33/h5-17,19-20,40H,4,18H2,1-3H3/b35-17+,36-28-. The highest BCUT2D eigenvalue weighted by atomic mass is 32.2. The second kappa shape index (κ2) is 12.0. The van der Waals surface area contributed by atoms with Crippen molar-refractivity contribution < 1.29 is 23.0 Å². The summed E-state index contributed by atoms with van der Waals surface area (Å²) in [6.45, 7) is 6.10. The third kappa shape index (κ3) is 6.66. The number of hydrogen-bond donors (Lipinski definition) is 1. The summed E-state index contributed by atoms with van der Waals surface area (Å²) >= 11 is 1.46. The topological polar surface area (TPSA) is 88.1 Å². The second-order valence-corrected chi connectivity index (χ2v) is 11.0. The number of halogens is 3. The highest BCUT2D eigenvalue weighted by Gasteiger charge is 2.41. The van der Waals surface area contributed by atoms with E-state index in [0.717, 1.165) is 28.8 Å². The van der Waals surface area contributed by atoms with Crippen LogP contribution in [0.1, 0.15) is 44.2 Å². The number of anilines is 1. The van der Waals surface area contributed by atoms with Crippen LogP contribution in [0.25, 0.3) is 17.1 Å². The van der Waals surface area contributed by atoms with Crippen molar-refractivity contribution in [2.45, 2.75) is 45.2 Å². The molecule has 4 aromatic rings. The van der Waals surface area contributed by atoms with E-state index >= 15 is 0 Å². The van der Waals surface area contributed by atoms with E-state index in [0.29, 0.717) is 28.4 Å². The number of benzene rings is 3. The van der Waals surface area contributed by atoms with Gasteiger partial charge in [-0.25, -0.2) is 9.67 Å². The molecule has 1 N–H and O–H groups in total. The quantitative estimate of drug-likeness (QED) is 0.175. The van der Waals surface area contributed by atoms with E-state index in [1.165, 1.54) is 47.0 Å². The SMILES string of the molecule is CCC(C)c1ccccc1N1/C(=N/N=C/c2ccc(-c3ncn(-c4ccc(OC(F)(F)F)cc4)n3)cc2)SCC1(C)O. The first kappa shape index (κ1) is 29.3. The van der Waals surface area contributed by atoms with Gasteiger partial charge in [-0.05, 0) is 60.7 Å². The lowest BCUT2D eigenvalue weighted by molar-refractivity contribution is -0.274. The third-order valence-electron chi connectivity index (χ3n) is 6.81. The molecule has 0 spiro atoms. The first-order valence-electron chi connectivity index (χ1n) is 13.3. The van der Waals surface area contributed by atoms with Gasteiger partial charge in [-0.2, -0.15) is 5.10 Å². The molecule has 2 heterocycles. The normalized spacial score (nSPS) is 19.1. The van der Waals surface area contributed by atoms with Gasteiger partial charge in [0.25, 0.3) is 0 Å². The molecule has 8 nitrogen and oxygen atoms in total. The summed E-state index contributed by atoms with van der Waals surface area (Å²) in [5.41, 5.74) is 3.08. The molecule has 42 heavy (non-hydrogen) atoms. The molecule has 218 valence electrons. The molecule has 0 bridgehead atoms. The summed E-state index contributed by atoms with van der Waals surface area (Å²) in [7, 11) is 0. The molecule has 5 rings (SSSR count). The Kier molecular flexibility index (Phi) is 8.37. The lowest BCUT2D eigenvalue weighted by atomic mass is 9.96. The molecule has 12 heteroatoms. The van der Waals surface area contributed by atoms with Crippen LogP contribution >= 0.6 is 11.8 Å². The fourth-order valence-electron chi connectivity index (χ4n) is 4.48. The van der Waals surface area contributed by atoms with Crippen molar-refractivity contribution in [3.63, 3.8) is 0 Å². The average Bonchev–Trinajstić information content (AvgIpc) is 3.57. The van der Waals surface area contributed by atoms with E-state index < -0.39 is 12.1 Å². The zero-order chi connectivity index (χ0) is 29.9. The number of alkyl halides is 3. The van der Waals surface area contributed by atoms with Crippen molar-refractivity contribution in [2.24, 2.45) is 10.2 Å². The molecule has 2 unspecified atom stereocenters. The molecule has 1 saturated heterocycles. The van der Waals surface area contributed by atoms with Crippen molar-refractivity contribution in [1.82, 2.24) is 14.8 Å². The number of ether oxygens (including phenoxy) is 1. The molecule has 2 atom stereocenters. The summed E-state index contributed by atoms with van der Waals surface area (Å²) < 4.78 is 42.6. The number of hydrogen-bond acceptors (Lipinski definition) is 7. The lowest BCUT2D eigenvalue weighted by Gasteiger charge is -2.33. The van der Waals surface area contributed by atoms with Gasteiger partial charge in [0, 0.05) is 17.0 Å². The molecule has 1 aliphatic rings. The molecule has 1 aromatic heterocycles. The van der Waals surface area contributed by atoms with E-state index in [-0.39, 0.29) is 5.75 Å². The minimum Gasteiger partial charge on any atom is -0.406 e. The van der Waals surface area contributed by atoms with Crippen LogP contribution in [-0.2, 0) is 0 Å². The van der Waals surface area contributed by atoms with Gasteiger partial charge in [0.1, 0.15) is 12.1 Å². The predicted octanol–water partition coefficient (Wildman–Crippen LogP) is 7.00. The number of rotatable bonds is 8. The van der Waals surface area contributed by atoms with Crippen LogP contribution in [0.4, 0.5) is 18.9 Å². The first-order chi connectivity index (χ1) is 20.0. The zero-order valence-corrected chi connectivity index (χ0v) is 24.0. The van der Waals surface area contributed by atoms with Gasteiger partial charge < -0.3 is 9.84 Å². The van der Waals surface area contributed by atoms with Gasteiger partial charge >= 0.3 is 6.36 Å². The minimum atomic E-state index is -4.75. The van der Waals surface area contributed by atoms with Crippen molar-refractivity contribution in [1.29, 1.82) is 0 Å². The van der Waals surface area contributed by atoms with Crippen LogP contribution in [0.5, 0.6) is 5.75 Å². The van der Waals surface area contributed by atoms with Gasteiger partial charge in [-0.3, -0.25) is 4.90 Å². The molecular formula is C30H29F3N6O2S. The van der Waals surface area contributed by atoms with Gasteiger partial charge in [-0.15, -0.1) is 23.4 Å². The fourth-order valence-corrected chi connectivity index (χ4v) is 5.54. The third-order valence-corrected chi connectivity index (χ3v) is 8.03. The Morgan fingerprint density at radius 3 is 2.50 bits per heavy atom. The van der Waals surface area contributed by atoms with Gasteiger partial charge in [0.15, 0.2) is 16.7 Å². The van der Waals surface area contributed by atoms with Crippen molar-refractivity contribution in [3.8, 4) is 22.8 Å². The van der Waals surface area contributed by atoms with Crippen LogP contribution in [0.2, 0.25) is 0 Å². The Balaban J connectivity index is 1.29. The Bertz CT molecular complexity index is 1580. The maximum atomic E-state index is 12.4. The summed E-state index contributed by atoms with van der Waals surface area (Å²) in [5.74, 6) is 0.935. The highest BCUT2D eigenvalue weighted by Crippen LogP contribution is 2.40. The van der Waals surface area contributed by atoms with E-state index in [9.17, 15) is 18.3 Å². The van der Waals surface area contributed by atoms with E-state index in [2.05, 4.69) is 44.9 Å². The van der Waals surface area contributed by atoms with Gasteiger partial charge in [0.05, 0.1) is 11.9 Å². The van der Waals surface area contributed by atoms with Crippen LogP contribution in [0.3, 0.4) is 0 Å². The maximum absolute atomic E-state index is 12.4. The lowest BCUT2D eigenvalue weighted by Crippen LogP contribution is -2.45. The summed E-state index contributed by atoms with van der Waals surface area (Å²) in [6, 6.07) is 20.8. The van der Waals surface area contributed by atoms with Crippen LogP contribution < -0.4 is 9.64 Å². The molecule has 1 fully saturated rings. The fraction of sp³-hybridized carbons (Fsp3) is 0.267. The Labute approximate surface area is 245 Å². The Morgan fingerprint density at radius 2 is 1.81 bits per heavy atom. The van der Waals surface area contributed by atoms with Crippen LogP contribution in [0, 0.1) is 0 Å². The smallest absolute Gasteiger partial charge is 0.406 e. The van der Waals surface area contributed by atoms with Crippen molar-refractivity contribution in [3.05, 3.63) is 90.3 Å². The molecule has 0 amide bonds. The maximum Gasteiger partial charge on any atom is 0.573 e. The number of thioether (sulfide) groups is 1. The number of amidine groups is 1. The van der Waals surface area contributed by atoms with Gasteiger partial charge in [-0.1, -0.05) is 68.1 Å². The summed E-state index contributed by atoms with van der Waals surface area (Å²) in [6.07, 6.45) is -0.647. The zero-order valence-electron chi connectivity index (χ0n) is 23.2. The number of aromatic nitrogens is 3. The van der Waals surface area contributed by atoms with E-state index in [1.54, 1.807) is 13.1 Å². The Morgan fingerprint density at radius 1 is 1.10 bits per heavy atom. The number of aliphatic hydroxyl groups is 1. The minimum absolute atomic E-state index is 0.311. The predicted molar refractivity (Wildman–Crippen MR) is 159 cm³/mol. The summed E-state index contributed by atoms with van der Waals surface area (Å²) in [5, 5.41) is 25.0. The molecule has 0 aliphatic carbocycles.